The summed E-state index contributed by atoms with van der Waals surface area (Å²) >= 11 is 3.00. The lowest BCUT2D eigenvalue weighted by Crippen LogP contribution is -2.36. The largest absolute Gasteiger partial charge is 0.346 e. The van der Waals surface area contributed by atoms with E-state index in [1.807, 2.05) is 0 Å². The van der Waals surface area contributed by atoms with Crippen molar-refractivity contribution in [3.63, 3.8) is 0 Å². The second kappa shape index (κ2) is 6.31. The lowest BCUT2D eigenvalue weighted by Gasteiger charge is -2.06. The Balaban J connectivity index is 2.50. The van der Waals surface area contributed by atoms with Crippen LogP contribution >= 0.6 is 15.9 Å². The Kier molecular flexibility index (Phi) is 5.05. The number of benzene rings is 1. The van der Waals surface area contributed by atoms with Crippen LogP contribution in [0.4, 0.5) is 10.1 Å². The van der Waals surface area contributed by atoms with Crippen LogP contribution < -0.4 is 16.4 Å². The molecular formula is C10H11BrFN3O2. The number of carbonyl (C=O) groups excluding carboxylic acids is 2. The maximum Gasteiger partial charge on any atom is 0.243 e. The predicted molar refractivity (Wildman–Crippen MR) is 64.8 cm³/mol. The van der Waals surface area contributed by atoms with E-state index in [2.05, 4.69) is 26.6 Å². The van der Waals surface area contributed by atoms with E-state index < -0.39 is 17.6 Å². The summed E-state index contributed by atoms with van der Waals surface area (Å²) < 4.78 is 13.2. The van der Waals surface area contributed by atoms with Gasteiger partial charge in [0, 0.05) is 5.69 Å². The minimum Gasteiger partial charge on any atom is -0.346 e. The molecule has 0 spiro atoms. The zero-order valence-electron chi connectivity index (χ0n) is 8.80. The van der Waals surface area contributed by atoms with Gasteiger partial charge in [-0.25, -0.2) is 4.39 Å². The SMILES string of the molecule is NCC(=O)NCC(=O)Nc1ccc(F)c(Br)c1. The van der Waals surface area contributed by atoms with Crippen LogP contribution in [0.2, 0.25) is 0 Å². The lowest BCUT2D eigenvalue weighted by atomic mass is 10.3. The van der Waals surface area contributed by atoms with Gasteiger partial charge in [-0.05, 0) is 34.1 Å². The van der Waals surface area contributed by atoms with E-state index in [1.165, 1.54) is 18.2 Å². The van der Waals surface area contributed by atoms with E-state index in [0.29, 0.717) is 5.69 Å². The van der Waals surface area contributed by atoms with Gasteiger partial charge in [0.05, 0.1) is 17.6 Å². The number of anilines is 1. The van der Waals surface area contributed by atoms with Crippen molar-refractivity contribution >= 4 is 33.4 Å². The maximum atomic E-state index is 12.9. The zero-order chi connectivity index (χ0) is 12.8. The summed E-state index contributed by atoms with van der Waals surface area (Å²) in [7, 11) is 0. The van der Waals surface area contributed by atoms with Crippen molar-refractivity contribution in [2.24, 2.45) is 5.73 Å². The Labute approximate surface area is 106 Å². The van der Waals surface area contributed by atoms with Gasteiger partial charge < -0.3 is 16.4 Å². The molecule has 0 aliphatic rings. The van der Waals surface area contributed by atoms with Gasteiger partial charge in [-0.2, -0.15) is 0 Å². The van der Waals surface area contributed by atoms with Gasteiger partial charge in [0.1, 0.15) is 5.82 Å². The van der Waals surface area contributed by atoms with E-state index in [0.717, 1.165) is 0 Å². The molecule has 0 atom stereocenters. The van der Waals surface area contributed by atoms with E-state index >= 15 is 0 Å². The third-order valence-electron chi connectivity index (χ3n) is 1.83. The van der Waals surface area contributed by atoms with Crippen LogP contribution in [0, 0.1) is 5.82 Å². The molecule has 0 saturated carbocycles. The van der Waals surface area contributed by atoms with Crippen LogP contribution in [0.3, 0.4) is 0 Å². The molecule has 1 rings (SSSR count). The highest BCUT2D eigenvalue weighted by Crippen LogP contribution is 2.19. The Hall–Kier alpha value is -1.47. The number of halogens is 2. The van der Waals surface area contributed by atoms with Gasteiger partial charge in [0.25, 0.3) is 0 Å². The van der Waals surface area contributed by atoms with E-state index in [9.17, 15) is 14.0 Å². The molecule has 7 heteroatoms. The molecule has 0 aromatic heterocycles. The fourth-order valence-electron chi connectivity index (χ4n) is 1.03. The molecule has 92 valence electrons. The Bertz CT molecular complexity index is 440. The number of amides is 2. The summed E-state index contributed by atoms with van der Waals surface area (Å²) in [6, 6.07) is 4.07. The minimum atomic E-state index is -0.417. The number of hydrogen-bond donors (Lipinski definition) is 3. The molecule has 0 aliphatic carbocycles. The molecule has 5 nitrogen and oxygen atoms in total. The number of nitrogens with one attached hydrogen (secondary N) is 2. The second-order valence-electron chi connectivity index (χ2n) is 3.16. The molecule has 0 saturated heterocycles. The van der Waals surface area contributed by atoms with Gasteiger partial charge >= 0.3 is 0 Å². The second-order valence-corrected chi connectivity index (χ2v) is 4.01. The van der Waals surface area contributed by atoms with E-state index in [4.69, 9.17) is 5.73 Å². The van der Waals surface area contributed by atoms with Crippen molar-refractivity contribution in [3.05, 3.63) is 28.5 Å². The highest BCUT2D eigenvalue weighted by Gasteiger charge is 2.06. The van der Waals surface area contributed by atoms with Crippen LogP contribution in [0.15, 0.2) is 22.7 Å². The van der Waals surface area contributed by atoms with Gasteiger partial charge in [-0.3, -0.25) is 9.59 Å². The molecule has 0 unspecified atom stereocenters. The number of hydrogen-bond acceptors (Lipinski definition) is 3. The monoisotopic (exact) mass is 303 g/mol. The van der Waals surface area contributed by atoms with Gasteiger partial charge in [-0.1, -0.05) is 0 Å². The van der Waals surface area contributed by atoms with Gasteiger partial charge in [0.2, 0.25) is 11.8 Å². The molecule has 17 heavy (non-hydrogen) atoms. The van der Waals surface area contributed by atoms with Crippen LogP contribution in [0.5, 0.6) is 0 Å². The molecule has 1 aromatic rings. The predicted octanol–water partition coefficient (Wildman–Crippen LogP) is 0.602. The van der Waals surface area contributed by atoms with Crippen molar-refractivity contribution in [2.45, 2.75) is 0 Å². The number of rotatable bonds is 4. The van der Waals surface area contributed by atoms with Crippen LogP contribution in [0.1, 0.15) is 0 Å². The summed E-state index contributed by atoms with van der Waals surface area (Å²) in [5.74, 6) is -1.25. The quantitative estimate of drug-likeness (QED) is 0.761. The lowest BCUT2D eigenvalue weighted by molar-refractivity contribution is -0.123. The van der Waals surface area contributed by atoms with Crippen molar-refractivity contribution in [1.82, 2.24) is 5.32 Å². The summed E-state index contributed by atoms with van der Waals surface area (Å²) in [5, 5.41) is 4.81. The fraction of sp³-hybridized carbons (Fsp3) is 0.200. The highest BCUT2D eigenvalue weighted by molar-refractivity contribution is 9.10. The Morgan fingerprint density at radius 1 is 1.35 bits per heavy atom. The van der Waals surface area contributed by atoms with Gasteiger partial charge in [-0.15, -0.1) is 0 Å². The van der Waals surface area contributed by atoms with Crippen LogP contribution in [-0.2, 0) is 9.59 Å². The third-order valence-corrected chi connectivity index (χ3v) is 2.44. The van der Waals surface area contributed by atoms with Crippen molar-refractivity contribution in [2.75, 3.05) is 18.4 Å². The molecule has 0 bridgehead atoms. The summed E-state index contributed by atoms with van der Waals surface area (Å²) in [6.07, 6.45) is 0. The van der Waals surface area contributed by atoms with Gasteiger partial charge in [0.15, 0.2) is 0 Å². The molecule has 2 amide bonds. The summed E-state index contributed by atoms with van der Waals surface area (Å²) in [6.45, 7) is -0.347. The average Bonchev–Trinajstić information content (AvgIpc) is 2.31. The van der Waals surface area contributed by atoms with E-state index in [-0.39, 0.29) is 17.6 Å². The fourth-order valence-corrected chi connectivity index (χ4v) is 1.41. The van der Waals surface area contributed by atoms with E-state index in [1.54, 1.807) is 0 Å². The third kappa shape index (κ3) is 4.49. The minimum absolute atomic E-state index is 0.171. The normalized spacial score (nSPS) is 9.82. The Morgan fingerprint density at radius 2 is 2.06 bits per heavy atom. The molecule has 0 aliphatic heterocycles. The molecule has 1 aromatic carbocycles. The first-order chi connectivity index (χ1) is 8.02. The van der Waals surface area contributed by atoms with Crippen molar-refractivity contribution < 1.29 is 14.0 Å². The van der Waals surface area contributed by atoms with Crippen LogP contribution in [-0.4, -0.2) is 24.9 Å². The average molecular weight is 304 g/mol. The summed E-state index contributed by atoms with van der Waals surface area (Å²) in [5.41, 5.74) is 5.49. The number of carbonyl (C=O) groups is 2. The zero-order valence-corrected chi connectivity index (χ0v) is 10.4. The molecule has 4 N–H and O–H groups in total. The van der Waals surface area contributed by atoms with Crippen molar-refractivity contribution in [3.8, 4) is 0 Å². The molecular weight excluding hydrogens is 293 g/mol. The summed E-state index contributed by atoms with van der Waals surface area (Å²) in [4.78, 5) is 22.1. The first-order valence-electron chi connectivity index (χ1n) is 4.74. The number of nitrogens with two attached hydrogens (primary N) is 1. The standard InChI is InChI=1S/C10H11BrFN3O2/c11-7-3-6(1-2-8(7)12)15-10(17)5-14-9(16)4-13/h1-3H,4-5,13H2,(H,14,16)(H,15,17). The topological polar surface area (TPSA) is 84.2 Å². The maximum absolute atomic E-state index is 12.9. The van der Waals surface area contributed by atoms with Crippen molar-refractivity contribution in [1.29, 1.82) is 0 Å². The molecule has 0 heterocycles. The first kappa shape index (κ1) is 13.6. The Morgan fingerprint density at radius 3 is 2.65 bits per heavy atom. The molecule has 0 radical (unpaired) electrons. The molecule has 0 fully saturated rings. The first-order valence-corrected chi connectivity index (χ1v) is 5.54. The smallest absolute Gasteiger partial charge is 0.243 e. The van der Waals surface area contributed by atoms with Crippen LogP contribution in [0.25, 0.3) is 0 Å². The highest BCUT2D eigenvalue weighted by atomic mass is 79.9.